The lowest BCUT2D eigenvalue weighted by molar-refractivity contribution is -0.302. The van der Waals surface area contributed by atoms with Gasteiger partial charge in [0.2, 0.25) is 5.91 Å². The van der Waals surface area contributed by atoms with Crippen LogP contribution >= 0.6 is 0 Å². The molecule has 7 atom stereocenters. The summed E-state index contributed by atoms with van der Waals surface area (Å²) in [7, 11) is 0. The summed E-state index contributed by atoms with van der Waals surface area (Å²) in [5, 5.41) is 53.4. The summed E-state index contributed by atoms with van der Waals surface area (Å²) in [6.07, 6.45) is 43.7. The van der Waals surface area contributed by atoms with Crippen molar-refractivity contribution >= 4 is 5.91 Å². The average molecular weight is 822 g/mol. The van der Waals surface area contributed by atoms with Crippen LogP contribution < -0.4 is 5.32 Å². The highest BCUT2D eigenvalue weighted by atomic mass is 16.7. The summed E-state index contributed by atoms with van der Waals surface area (Å²) in [6.45, 7) is 3.50. The Morgan fingerprint density at radius 1 is 0.569 bits per heavy atom. The van der Waals surface area contributed by atoms with Gasteiger partial charge >= 0.3 is 0 Å². The van der Waals surface area contributed by atoms with Crippen LogP contribution in [0.1, 0.15) is 213 Å². The van der Waals surface area contributed by atoms with Crippen molar-refractivity contribution in [2.24, 2.45) is 0 Å². The molecule has 1 aliphatic rings. The number of unbranched alkanes of at least 4 members (excludes halogenated alkanes) is 26. The van der Waals surface area contributed by atoms with Crippen LogP contribution in [0, 0.1) is 0 Å². The SMILES string of the molecule is CCCCCCCCCCCCCCCCCCCCCCCCC/C=C/CC/C=C/CC/C=C/C(O)C(COC1OC(CO)C(O)C(O)C1O)NC(=O)CCCC. The maximum atomic E-state index is 12.4. The smallest absolute Gasteiger partial charge is 0.220 e. The maximum absolute atomic E-state index is 12.4. The molecule has 0 aromatic heterocycles. The van der Waals surface area contributed by atoms with Crippen molar-refractivity contribution in [1.29, 1.82) is 0 Å². The Labute approximate surface area is 355 Å². The van der Waals surface area contributed by atoms with Gasteiger partial charge in [0.05, 0.1) is 25.4 Å². The molecule has 1 saturated heterocycles. The van der Waals surface area contributed by atoms with Gasteiger partial charge in [-0.15, -0.1) is 0 Å². The van der Waals surface area contributed by atoms with E-state index in [2.05, 4.69) is 36.5 Å². The number of hydrogen-bond donors (Lipinski definition) is 6. The first kappa shape index (κ1) is 54.4. The lowest BCUT2D eigenvalue weighted by atomic mass is 9.99. The Hall–Kier alpha value is -1.59. The van der Waals surface area contributed by atoms with E-state index in [4.69, 9.17) is 9.47 Å². The minimum absolute atomic E-state index is 0.209. The second-order valence-corrected chi connectivity index (χ2v) is 16.9. The van der Waals surface area contributed by atoms with Gasteiger partial charge in [-0.1, -0.05) is 198 Å². The molecule has 6 N–H and O–H groups in total. The number of nitrogens with one attached hydrogen (secondary N) is 1. The Balaban J connectivity index is 2.03. The van der Waals surface area contributed by atoms with E-state index >= 15 is 0 Å². The Kier molecular flexibility index (Phi) is 37.1. The van der Waals surface area contributed by atoms with Crippen LogP contribution in [0.4, 0.5) is 0 Å². The van der Waals surface area contributed by atoms with Gasteiger partial charge in [0.15, 0.2) is 6.29 Å². The Bertz CT molecular complexity index is 1000. The van der Waals surface area contributed by atoms with E-state index in [1.54, 1.807) is 6.08 Å². The van der Waals surface area contributed by atoms with Gasteiger partial charge in [-0.2, -0.15) is 0 Å². The van der Waals surface area contributed by atoms with E-state index in [0.717, 1.165) is 32.1 Å². The van der Waals surface area contributed by atoms with Crippen molar-refractivity contribution in [3.8, 4) is 0 Å². The van der Waals surface area contributed by atoms with Crippen molar-refractivity contribution in [3.05, 3.63) is 36.5 Å². The van der Waals surface area contributed by atoms with Gasteiger partial charge in [-0.05, 0) is 44.9 Å². The number of carbonyl (C=O) groups is 1. The summed E-state index contributed by atoms with van der Waals surface area (Å²) >= 11 is 0. The minimum Gasteiger partial charge on any atom is -0.394 e. The number of aliphatic hydroxyl groups is 5. The number of allylic oxidation sites excluding steroid dienone is 5. The summed E-state index contributed by atoms with van der Waals surface area (Å²) in [5.74, 6) is -0.227. The van der Waals surface area contributed by atoms with Crippen molar-refractivity contribution in [2.45, 2.75) is 256 Å². The largest absolute Gasteiger partial charge is 0.394 e. The third kappa shape index (κ3) is 29.6. The average Bonchev–Trinajstić information content (AvgIpc) is 3.22. The molecule has 1 amide bonds. The predicted octanol–water partition coefficient (Wildman–Crippen LogP) is 10.5. The Morgan fingerprint density at radius 3 is 1.43 bits per heavy atom. The maximum Gasteiger partial charge on any atom is 0.220 e. The third-order valence-electron chi connectivity index (χ3n) is 11.4. The van der Waals surface area contributed by atoms with Crippen LogP contribution in [0.5, 0.6) is 0 Å². The molecule has 0 saturated carbocycles. The van der Waals surface area contributed by atoms with E-state index in [1.807, 2.05) is 13.0 Å². The minimum atomic E-state index is -1.57. The number of ether oxygens (including phenoxy) is 2. The number of rotatable bonds is 40. The number of aliphatic hydroxyl groups excluding tert-OH is 5. The van der Waals surface area contributed by atoms with E-state index in [9.17, 15) is 30.3 Å². The zero-order valence-electron chi connectivity index (χ0n) is 37.3. The summed E-state index contributed by atoms with van der Waals surface area (Å²) < 4.78 is 11.0. The fourth-order valence-electron chi connectivity index (χ4n) is 7.52. The van der Waals surface area contributed by atoms with E-state index < -0.39 is 49.5 Å². The zero-order valence-corrected chi connectivity index (χ0v) is 37.3. The lowest BCUT2D eigenvalue weighted by Crippen LogP contribution is -2.60. The van der Waals surface area contributed by atoms with Crippen molar-refractivity contribution < 1.29 is 39.8 Å². The summed E-state index contributed by atoms with van der Waals surface area (Å²) in [5.41, 5.74) is 0. The van der Waals surface area contributed by atoms with Gasteiger partial charge in [-0.25, -0.2) is 0 Å². The lowest BCUT2D eigenvalue weighted by Gasteiger charge is -2.40. The topological polar surface area (TPSA) is 149 Å². The molecular weight excluding hydrogens is 731 g/mol. The fraction of sp³-hybridized carbons (Fsp3) is 0.857. The Morgan fingerprint density at radius 2 is 0.983 bits per heavy atom. The fourth-order valence-corrected chi connectivity index (χ4v) is 7.52. The molecule has 0 spiro atoms. The molecule has 9 heteroatoms. The highest BCUT2D eigenvalue weighted by Gasteiger charge is 2.44. The van der Waals surface area contributed by atoms with Gasteiger partial charge in [0, 0.05) is 6.42 Å². The first-order chi connectivity index (χ1) is 28.3. The molecule has 58 heavy (non-hydrogen) atoms. The second-order valence-electron chi connectivity index (χ2n) is 16.9. The van der Waals surface area contributed by atoms with Crippen LogP contribution in [0.2, 0.25) is 0 Å². The molecule has 9 nitrogen and oxygen atoms in total. The molecule has 1 rings (SSSR count). The van der Waals surface area contributed by atoms with Crippen LogP contribution in [0.15, 0.2) is 36.5 Å². The quantitative estimate of drug-likeness (QED) is 0.0264. The van der Waals surface area contributed by atoms with Crippen molar-refractivity contribution in [2.75, 3.05) is 13.2 Å². The van der Waals surface area contributed by atoms with Crippen LogP contribution in [-0.4, -0.2) is 87.5 Å². The highest BCUT2D eigenvalue weighted by molar-refractivity contribution is 5.76. The second kappa shape index (κ2) is 39.5. The number of hydrogen-bond acceptors (Lipinski definition) is 8. The molecule has 1 fully saturated rings. The molecule has 1 heterocycles. The van der Waals surface area contributed by atoms with E-state index in [-0.39, 0.29) is 12.5 Å². The van der Waals surface area contributed by atoms with Gasteiger partial charge in [0.25, 0.3) is 0 Å². The molecular formula is C49H91NO8. The molecule has 7 unspecified atom stereocenters. The monoisotopic (exact) mass is 822 g/mol. The van der Waals surface area contributed by atoms with Crippen LogP contribution in [-0.2, 0) is 14.3 Å². The molecule has 0 radical (unpaired) electrons. The van der Waals surface area contributed by atoms with Crippen molar-refractivity contribution in [1.82, 2.24) is 5.32 Å². The number of amides is 1. The molecule has 0 aromatic carbocycles. The van der Waals surface area contributed by atoms with E-state index in [0.29, 0.717) is 12.8 Å². The summed E-state index contributed by atoms with van der Waals surface area (Å²) in [6, 6.07) is -0.821. The molecule has 340 valence electrons. The standard InChI is InChI=1S/C49H91NO8/c1-3-5-7-8-9-10-11-12-13-14-15-16-17-18-19-20-21-22-23-24-25-26-27-28-29-30-31-32-33-34-35-36-37-38-43(52)42(50-45(53)39-6-4-2)41-57-49-48(56)47(55)46(54)44(40-51)58-49/h29-30,33-34,37-38,42-44,46-49,51-52,54-56H,3-28,31-32,35-36,39-41H2,1-2H3,(H,50,53)/b30-29+,34-33+,38-37+. The first-order valence-electron chi connectivity index (χ1n) is 24.2. The summed E-state index contributed by atoms with van der Waals surface area (Å²) in [4.78, 5) is 12.4. The molecule has 0 aliphatic carbocycles. The van der Waals surface area contributed by atoms with Crippen LogP contribution in [0.25, 0.3) is 0 Å². The highest BCUT2D eigenvalue weighted by Crippen LogP contribution is 2.22. The molecule has 1 aliphatic heterocycles. The van der Waals surface area contributed by atoms with Crippen molar-refractivity contribution in [3.63, 3.8) is 0 Å². The van der Waals surface area contributed by atoms with E-state index in [1.165, 1.54) is 154 Å². The van der Waals surface area contributed by atoms with Gasteiger partial charge < -0.3 is 40.3 Å². The third-order valence-corrected chi connectivity index (χ3v) is 11.4. The van der Waals surface area contributed by atoms with Gasteiger partial charge in [0.1, 0.15) is 24.4 Å². The van der Waals surface area contributed by atoms with Gasteiger partial charge in [-0.3, -0.25) is 4.79 Å². The molecule has 0 bridgehead atoms. The first-order valence-corrected chi connectivity index (χ1v) is 24.2. The number of carbonyl (C=O) groups excluding carboxylic acids is 1. The normalized spacial score (nSPS) is 21.1. The zero-order chi connectivity index (χ0) is 42.3. The predicted molar refractivity (Wildman–Crippen MR) is 240 cm³/mol. The molecule has 0 aromatic rings. The van der Waals surface area contributed by atoms with Crippen LogP contribution in [0.3, 0.4) is 0 Å².